The molecule has 0 unspecified atom stereocenters. The molecule has 0 aromatic rings. The minimum Gasteiger partial charge on any atom is -0.480 e. The third-order valence-corrected chi connectivity index (χ3v) is 3.98. The van der Waals surface area contributed by atoms with Gasteiger partial charge in [0.05, 0.1) is 19.8 Å². The van der Waals surface area contributed by atoms with E-state index in [1.54, 1.807) is 4.90 Å². The Morgan fingerprint density at radius 1 is 0.739 bits per heavy atom. The SMILES string of the molecule is CN1CCN(CC(=O)O)CCN(CO)CCN(CC(=O)O)CC1. The normalized spacial score (nSPS) is 21.5. The largest absolute Gasteiger partial charge is 0.480 e. The summed E-state index contributed by atoms with van der Waals surface area (Å²) in [5.41, 5.74) is 0. The number of aliphatic hydroxyl groups is 1. The van der Waals surface area contributed by atoms with Crippen molar-refractivity contribution in [2.24, 2.45) is 0 Å². The smallest absolute Gasteiger partial charge is 0.317 e. The molecule has 0 bridgehead atoms. The van der Waals surface area contributed by atoms with Crippen LogP contribution in [0.1, 0.15) is 0 Å². The zero-order valence-corrected chi connectivity index (χ0v) is 13.7. The first-order valence-electron chi connectivity index (χ1n) is 7.80. The first-order valence-corrected chi connectivity index (χ1v) is 7.80. The fourth-order valence-electron chi connectivity index (χ4n) is 2.48. The molecule has 3 N–H and O–H groups in total. The van der Waals surface area contributed by atoms with Gasteiger partial charge in [-0.25, -0.2) is 0 Å². The van der Waals surface area contributed by atoms with Gasteiger partial charge in [-0.3, -0.25) is 24.3 Å². The summed E-state index contributed by atoms with van der Waals surface area (Å²) in [5, 5.41) is 27.4. The van der Waals surface area contributed by atoms with Crippen molar-refractivity contribution >= 4 is 11.9 Å². The Morgan fingerprint density at radius 2 is 1.09 bits per heavy atom. The Labute approximate surface area is 136 Å². The highest BCUT2D eigenvalue weighted by Gasteiger charge is 2.17. The number of likely N-dealkylation sites (N-methyl/N-ethyl adjacent to an activating group) is 1. The summed E-state index contributed by atoms with van der Waals surface area (Å²) in [6, 6.07) is 0. The third kappa shape index (κ3) is 8.82. The van der Waals surface area contributed by atoms with Crippen LogP contribution in [0.25, 0.3) is 0 Å². The fraction of sp³-hybridized carbons (Fsp3) is 0.857. The van der Waals surface area contributed by atoms with Gasteiger partial charge in [-0.15, -0.1) is 0 Å². The van der Waals surface area contributed by atoms with Crippen LogP contribution in [-0.4, -0.2) is 126 Å². The van der Waals surface area contributed by atoms with Crippen molar-refractivity contribution < 1.29 is 24.9 Å². The lowest BCUT2D eigenvalue weighted by molar-refractivity contribution is -0.139. The number of carboxylic acids is 2. The van der Waals surface area contributed by atoms with E-state index >= 15 is 0 Å². The zero-order chi connectivity index (χ0) is 17.2. The van der Waals surface area contributed by atoms with Crippen LogP contribution in [0.5, 0.6) is 0 Å². The Hall–Kier alpha value is -1.26. The Kier molecular flexibility index (Phi) is 9.03. The van der Waals surface area contributed by atoms with Crippen molar-refractivity contribution in [3.8, 4) is 0 Å². The van der Waals surface area contributed by atoms with Crippen molar-refractivity contribution in [3.63, 3.8) is 0 Å². The predicted octanol–water partition coefficient (Wildman–Crippen LogP) is -2.04. The second kappa shape index (κ2) is 10.5. The summed E-state index contributed by atoms with van der Waals surface area (Å²) < 4.78 is 0. The third-order valence-electron chi connectivity index (χ3n) is 3.98. The van der Waals surface area contributed by atoms with Gasteiger partial charge in [0.1, 0.15) is 0 Å². The maximum Gasteiger partial charge on any atom is 0.317 e. The summed E-state index contributed by atoms with van der Waals surface area (Å²) in [6.45, 7) is 4.74. The Morgan fingerprint density at radius 3 is 1.43 bits per heavy atom. The molecule has 1 rings (SSSR count). The average Bonchev–Trinajstić information content (AvgIpc) is 2.47. The van der Waals surface area contributed by atoms with Gasteiger partial charge in [-0.2, -0.15) is 0 Å². The van der Waals surface area contributed by atoms with Gasteiger partial charge in [0.2, 0.25) is 0 Å². The maximum absolute atomic E-state index is 10.9. The molecule has 1 saturated heterocycles. The van der Waals surface area contributed by atoms with Crippen LogP contribution in [0.15, 0.2) is 0 Å². The van der Waals surface area contributed by atoms with Gasteiger partial charge in [-0.05, 0) is 7.05 Å². The van der Waals surface area contributed by atoms with E-state index in [1.165, 1.54) is 0 Å². The molecule has 1 aliphatic rings. The van der Waals surface area contributed by atoms with Crippen LogP contribution in [0.2, 0.25) is 0 Å². The molecule has 0 spiro atoms. The molecular formula is C14H28N4O5. The molecule has 0 atom stereocenters. The topological polar surface area (TPSA) is 108 Å². The van der Waals surface area contributed by atoms with E-state index in [0.29, 0.717) is 52.4 Å². The van der Waals surface area contributed by atoms with E-state index in [-0.39, 0.29) is 19.8 Å². The number of nitrogens with zero attached hydrogens (tertiary/aromatic N) is 4. The summed E-state index contributed by atoms with van der Waals surface area (Å²) in [7, 11) is 1.95. The first-order chi connectivity index (χ1) is 10.9. The monoisotopic (exact) mass is 332 g/mol. The minimum absolute atomic E-state index is 0.0156. The average molecular weight is 332 g/mol. The van der Waals surface area contributed by atoms with Crippen LogP contribution >= 0.6 is 0 Å². The van der Waals surface area contributed by atoms with Crippen molar-refractivity contribution in [1.82, 2.24) is 19.6 Å². The van der Waals surface area contributed by atoms with Gasteiger partial charge in [0.15, 0.2) is 0 Å². The maximum atomic E-state index is 10.9. The number of aliphatic hydroxyl groups excluding tert-OH is 1. The second-order valence-corrected chi connectivity index (χ2v) is 5.90. The molecule has 9 heteroatoms. The minimum atomic E-state index is -0.858. The molecule has 0 amide bonds. The number of aliphatic carboxylic acids is 2. The lowest BCUT2D eigenvalue weighted by atomic mass is 10.3. The van der Waals surface area contributed by atoms with E-state index in [0.717, 1.165) is 0 Å². The standard InChI is InChI=1S/C14H28N4O5/c1-15-2-4-16(10-13(20)21)6-8-18(12-19)9-7-17(5-3-15)11-14(22)23/h19H,2-12H2,1H3,(H,20,21)(H,22,23). The van der Waals surface area contributed by atoms with Gasteiger partial charge in [0.25, 0.3) is 0 Å². The number of carbonyl (C=O) groups is 2. The van der Waals surface area contributed by atoms with Crippen LogP contribution in [0.4, 0.5) is 0 Å². The van der Waals surface area contributed by atoms with Crippen LogP contribution < -0.4 is 0 Å². The van der Waals surface area contributed by atoms with Gasteiger partial charge in [0, 0.05) is 52.4 Å². The van der Waals surface area contributed by atoms with E-state index in [4.69, 9.17) is 10.2 Å². The number of hydrogen-bond donors (Lipinski definition) is 3. The number of rotatable bonds is 5. The van der Waals surface area contributed by atoms with E-state index < -0.39 is 11.9 Å². The second-order valence-electron chi connectivity index (χ2n) is 5.90. The highest BCUT2D eigenvalue weighted by Crippen LogP contribution is 1.99. The summed E-state index contributed by atoms with van der Waals surface area (Å²) >= 11 is 0. The first kappa shape index (κ1) is 19.8. The quantitative estimate of drug-likeness (QED) is 0.524. The molecule has 0 radical (unpaired) electrons. The van der Waals surface area contributed by atoms with E-state index in [9.17, 15) is 14.7 Å². The van der Waals surface area contributed by atoms with Gasteiger partial charge >= 0.3 is 11.9 Å². The van der Waals surface area contributed by atoms with Crippen molar-refractivity contribution in [2.45, 2.75) is 0 Å². The summed E-state index contributed by atoms with van der Waals surface area (Å²) in [4.78, 5) is 29.5. The highest BCUT2D eigenvalue weighted by molar-refractivity contribution is 5.69. The molecule has 0 aromatic heterocycles. The lowest BCUT2D eigenvalue weighted by Gasteiger charge is -2.31. The Balaban J connectivity index is 2.66. The fourth-order valence-corrected chi connectivity index (χ4v) is 2.48. The molecule has 1 heterocycles. The van der Waals surface area contributed by atoms with Gasteiger partial charge < -0.3 is 20.2 Å². The zero-order valence-electron chi connectivity index (χ0n) is 13.7. The summed E-state index contributed by atoms with van der Waals surface area (Å²) in [6.07, 6.45) is 0. The van der Waals surface area contributed by atoms with Crippen LogP contribution in [0.3, 0.4) is 0 Å². The number of hydrogen-bond acceptors (Lipinski definition) is 7. The molecule has 0 aromatic carbocycles. The molecular weight excluding hydrogens is 304 g/mol. The predicted molar refractivity (Wildman–Crippen MR) is 84.3 cm³/mol. The lowest BCUT2D eigenvalue weighted by Crippen LogP contribution is -2.47. The Bertz CT molecular complexity index is 350. The summed E-state index contributed by atoms with van der Waals surface area (Å²) in [5.74, 6) is -1.72. The van der Waals surface area contributed by atoms with E-state index in [1.807, 2.05) is 16.8 Å². The van der Waals surface area contributed by atoms with Crippen molar-refractivity contribution in [3.05, 3.63) is 0 Å². The number of carboxylic acid groups (broad SMARTS) is 2. The molecule has 0 saturated carbocycles. The molecule has 1 aliphatic heterocycles. The molecule has 0 aliphatic carbocycles. The van der Waals surface area contributed by atoms with Crippen molar-refractivity contribution in [2.75, 3.05) is 79.2 Å². The van der Waals surface area contributed by atoms with Gasteiger partial charge in [-0.1, -0.05) is 0 Å². The van der Waals surface area contributed by atoms with Crippen LogP contribution in [-0.2, 0) is 9.59 Å². The van der Waals surface area contributed by atoms with Crippen LogP contribution in [0, 0.1) is 0 Å². The van der Waals surface area contributed by atoms with Crippen molar-refractivity contribution in [1.29, 1.82) is 0 Å². The molecule has 23 heavy (non-hydrogen) atoms. The highest BCUT2D eigenvalue weighted by atomic mass is 16.4. The van der Waals surface area contributed by atoms with E-state index in [2.05, 4.69) is 4.90 Å². The molecule has 134 valence electrons. The molecule has 1 fully saturated rings. The molecule has 9 nitrogen and oxygen atoms in total.